The highest BCUT2D eigenvalue weighted by Crippen LogP contribution is 2.44. The minimum absolute atomic E-state index is 0.525. The first-order chi connectivity index (χ1) is 8.44. The van der Waals surface area contributed by atoms with Crippen molar-refractivity contribution >= 4 is 0 Å². The van der Waals surface area contributed by atoms with Gasteiger partial charge in [0.05, 0.1) is 0 Å². The Bertz CT molecular complexity index is 261. The topological polar surface area (TPSA) is 12.0 Å². The zero-order chi connectivity index (χ0) is 13.2. The molecule has 0 saturated heterocycles. The molecule has 1 N–H and O–H groups in total. The van der Waals surface area contributed by atoms with E-state index in [9.17, 15) is 0 Å². The molecule has 2 fully saturated rings. The zero-order valence-electron chi connectivity index (χ0n) is 13.0. The molecule has 1 heteroatoms. The van der Waals surface area contributed by atoms with Crippen LogP contribution in [0.3, 0.4) is 0 Å². The molecule has 0 heterocycles. The summed E-state index contributed by atoms with van der Waals surface area (Å²) >= 11 is 0. The Morgan fingerprint density at radius 2 is 1.72 bits per heavy atom. The molecule has 2 rings (SSSR count). The molecule has 0 aromatic carbocycles. The number of nitrogens with one attached hydrogen (secondary N) is 1. The summed E-state index contributed by atoms with van der Waals surface area (Å²) in [7, 11) is 0. The molecule has 2 aliphatic carbocycles. The van der Waals surface area contributed by atoms with Crippen LogP contribution in [0.4, 0.5) is 0 Å². The summed E-state index contributed by atoms with van der Waals surface area (Å²) in [6.45, 7) is 10.9. The van der Waals surface area contributed by atoms with E-state index in [0.29, 0.717) is 10.8 Å². The minimum atomic E-state index is 0.525. The molecule has 18 heavy (non-hydrogen) atoms. The maximum Gasteiger partial charge on any atom is 0.0118 e. The summed E-state index contributed by atoms with van der Waals surface area (Å²) in [5, 5.41) is 3.96. The van der Waals surface area contributed by atoms with Gasteiger partial charge in [0.25, 0.3) is 0 Å². The lowest BCUT2D eigenvalue weighted by Crippen LogP contribution is -2.43. The molecule has 0 bridgehead atoms. The maximum atomic E-state index is 3.96. The average molecular weight is 251 g/mol. The van der Waals surface area contributed by atoms with Crippen LogP contribution in [-0.2, 0) is 0 Å². The van der Waals surface area contributed by atoms with E-state index in [4.69, 9.17) is 0 Å². The smallest absolute Gasteiger partial charge is 0.0118 e. The van der Waals surface area contributed by atoms with E-state index in [-0.39, 0.29) is 0 Å². The van der Waals surface area contributed by atoms with E-state index in [1.165, 1.54) is 57.9 Å². The first kappa shape index (κ1) is 14.4. The second-order valence-electron chi connectivity index (χ2n) is 8.12. The second kappa shape index (κ2) is 5.53. The first-order valence-electron chi connectivity index (χ1n) is 8.17. The molecule has 0 aromatic rings. The molecular formula is C17H33N. The summed E-state index contributed by atoms with van der Waals surface area (Å²) < 4.78 is 0. The van der Waals surface area contributed by atoms with Crippen molar-refractivity contribution in [3.63, 3.8) is 0 Å². The van der Waals surface area contributed by atoms with Gasteiger partial charge in [-0.05, 0) is 48.9 Å². The van der Waals surface area contributed by atoms with Gasteiger partial charge in [-0.3, -0.25) is 0 Å². The van der Waals surface area contributed by atoms with Crippen molar-refractivity contribution in [1.82, 2.24) is 5.32 Å². The fraction of sp³-hybridized carbons (Fsp3) is 1.00. The molecule has 0 amide bonds. The van der Waals surface area contributed by atoms with Crippen LogP contribution in [0, 0.1) is 16.7 Å². The van der Waals surface area contributed by atoms with Gasteiger partial charge in [0.2, 0.25) is 0 Å². The van der Waals surface area contributed by atoms with Gasteiger partial charge in [-0.25, -0.2) is 0 Å². The van der Waals surface area contributed by atoms with Gasteiger partial charge < -0.3 is 5.32 Å². The molecule has 0 radical (unpaired) electrons. The summed E-state index contributed by atoms with van der Waals surface area (Å²) in [6.07, 6.45) is 11.5. The Kier molecular flexibility index (Phi) is 4.41. The van der Waals surface area contributed by atoms with Gasteiger partial charge in [0.15, 0.2) is 0 Å². The highest BCUT2D eigenvalue weighted by atomic mass is 15.0. The van der Waals surface area contributed by atoms with Crippen LogP contribution < -0.4 is 5.32 Å². The fourth-order valence-electron chi connectivity index (χ4n) is 4.49. The van der Waals surface area contributed by atoms with Gasteiger partial charge in [-0.1, -0.05) is 47.0 Å². The predicted octanol–water partition coefficient (Wildman–Crippen LogP) is 4.76. The van der Waals surface area contributed by atoms with E-state index in [1.807, 2.05) is 0 Å². The molecule has 106 valence electrons. The van der Waals surface area contributed by atoms with E-state index < -0.39 is 0 Å². The summed E-state index contributed by atoms with van der Waals surface area (Å²) in [5.74, 6) is 0.849. The summed E-state index contributed by atoms with van der Waals surface area (Å²) in [6, 6.07) is 0.766. The highest BCUT2D eigenvalue weighted by molar-refractivity contribution is 4.94. The van der Waals surface area contributed by atoms with Crippen LogP contribution in [0.5, 0.6) is 0 Å². The summed E-state index contributed by atoms with van der Waals surface area (Å²) in [5.41, 5.74) is 1.16. The largest absolute Gasteiger partial charge is 0.313 e. The lowest BCUT2D eigenvalue weighted by Gasteiger charge is -2.36. The van der Waals surface area contributed by atoms with Gasteiger partial charge in [0, 0.05) is 12.6 Å². The Balaban J connectivity index is 1.90. The Labute approximate surface area is 114 Å². The lowest BCUT2D eigenvalue weighted by molar-refractivity contribution is 0.189. The fourth-order valence-corrected chi connectivity index (χ4v) is 4.49. The van der Waals surface area contributed by atoms with Crippen molar-refractivity contribution in [1.29, 1.82) is 0 Å². The van der Waals surface area contributed by atoms with Crippen LogP contribution in [0.25, 0.3) is 0 Å². The van der Waals surface area contributed by atoms with E-state index in [0.717, 1.165) is 12.0 Å². The molecular weight excluding hydrogens is 218 g/mol. The van der Waals surface area contributed by atoms with Crippen molar-refractivity contribution in [2.75, 3.05) is 6.54 Å². The predicted molar refractivity (Wildman–Crippen MR) is 79.8 cm³/mol. The third-order valence-corrected chi connectivity index (χ3v) is 5.49. The summed E-state index contributed by atoms with van der Waals surface area (Å²) in [4.78, 5) is 0. The van der Waals surface area contributed by atoms with Gasteiger partial charge in [-0.2, -0.15) is 0 Å². The van der Waals surface area contributed by atoms with Crippen LogP contribution >= 0.6 is 0 Å². The molecule has 2 aliphatic rings. The van der Waals surface area contributed by atoms with Crippen molar-refractivity contribution in [2.24, 2.45) is 16.7 Å². The molecule has 0 aromatic heterocycles. The van der Waals surface area contributed by atoms with E-state index >= 15 is 0 Å². The highest BCUT2D eigenvalue weighted by Gasteiger charge is 2.38. The average Bonchev–Trinajstić information content (AvgIpc) is 2.82. The molecule has 0 spiro atoms. The SMILES string of the molecule is CC(C)CC1(CNC2CCCC2(C)C)CCCC1. The Morgan fingerprint density at radius 3 is 2.22 bits per heavy atom. The van der Waals surface area contributed by atoms with Crippen LogP contribution in [0.2, 0.25) is 0 Å². The van der Waals surface area contributed by atoms with Crippen LogP contribution in [0.15, 0.2) is 0 Å². The Morgan fingerprint density at radius 1 is 1.06 bits per heavy atom. The minimum Gasteiger partial charge on any atom is -0.313 e. The third kappa shape index (κ3) is 3.29. The van der Waals surface area contributed by atoms with E-state index in [2.05, 4.69) is 33.0 Å². The molecule has 0 aliphatic heterocycles. The monoisotopic (exact) mass is 251 g/mol. The van der Waals surface area contributed by atoms with Gasteiger partial charge in [-0.15, -0.1) is 0 Å². The normalized spacial score (nSPS) is 30.2. The van der Waals surface area contributed by atoms with Crippen molar-refractivity contribution in [2.45, 2.75) is 85.1 Å². The quantitative estimate of drug-likeness (QED) is 0.743. The Hall–Kier alpha value is -0.0400. The molecule has 1 unspecified atom stereocenters. The van der Waals surface area contributed by atoms with Crippen molar-refractivity contribution in [3.05, 3.63) is 0 Å². The zero-order valence-corrected chi connectivity index (χ0v) is 13.0. The maximum absolute atomic E-state index is 3.96. The lowest BCUT2D eigenvalue weighted by atomic mass is 9.77. The number of hydrogen-bond acceptors (Lipinski definition) is 1. The number of hydrogen-bond donors (Lipinski definition) is 1. The van der Waals surface area contributed by atoms with Crippen LogP contribution in [-0.4, -0.2) is 12.6 Å². The van der Waals surface area contributed by atoms with Gasteiger partial charge in [0.1, 0.15) is 0 Å². The molecule has 1 atom stereocenters. The van der Waals surface area contributed by atoms with Gasteiger partial charge >= 0.3 is 0 Å². The van der Waals surface area contributed by atoms with Crippen LogP contribution in [0.1, 0.15) is 79.1 Å². The number of rotatable bonds is 5. The first-order valence-corrected chi connectivity index (χ1v) is 8.17. The molecule has 2 saturated carbocycles. The third-order valence-electron chi connectivity index (χ3n) is 5.49. The van der Waals surface area contributed by atoms with Crippen molar-refractivity contribution < 1.29 is 0 Å². The van der Waals surface area contributed by atoms with Crippen molar-refractivity contribution in [3.8, 4) is 0 Å². The standard InChI is InChI=1S/C17H33N/c1-14(2)12-17(10-5-6-11-17)13-18-15-8-7-9-16(15,3)4/h14-15,18H,5-13H2,1-4H3. The molecule has 1 nitrogen and oxygen atoms in total. The second-order valence-corrected chi connectivity index (χ2v) is 8.12. The van der Waals surface area contributed by atoms with E-state index in [1.54, 1.807) is 0 Å².